The lowest BCUT2D eigenvalue weighted by molar-refractivity contribution is -0.112. The molecule has 0 aliphatic heterocycles. The van der Waals surface area contributed by atoms with E-state index in [9.17, 15) is 10.1 Å². The summed E-state index contributed by atoms with van der Waals surface area (Å²) in [6.07, 6.45) is 1.42. The largest absolute Gasteiger partial charge is 0.478 e. The molecule has 2 aromatic carbocycles. The Bertz CT molecular complexity index is 962. The van der Waals surface area contributed by atoms with Gasteiger partial charge in [-0.3, -0.25) is 4.79 Å². The molecule has 0 saturated heterocycles. The van der Waals surface area contributed by atoms with Crippen LogP contribution < -0.4 is 10.1 Å². The predicted octanol–water partition coefficient (Wildman–Crippen LogP) is 5.20. The second-order valence-corrected chi connectivity index (χ2v) is 6.50. The maximum absolute atomic E-state index is 12.3. The highest BCUT2D eigenvalue weighted by Crippen LogP contribution is 2.30. The first-order valence-electron chi connectivity index (χ1n) is 7.12. The van der Waals surface area contributed by atoms with Gasteiger partial charge in [-0.05, 0) is 51.8 Å². The smallest absolute Gasteiger partial charge is 0.266 e. The van der Waals surface area contributed by atoms with Crippen molar-refractivity contribution in [1.82, 2.24) is 0 Å². The number of halogens is 3. The molecular formula is C18H10BrCl2N3O2. The van der Waals surface area contributed by atoms with Crippen LogP contribution in [0.3, 0.4) is 0 Å². The summed E-state index contributed by atoms with van der Waals surface area (Å²) in [5.74, 6) is -0.130. The van der Waals surface area contributed by atoms with E-state index in [1.54, 1.807) is 36.4 Å². The van der Waals surface area contributed by atoms with Gasteiger partial charge in [-0.25, -0.2) is 0 Å². The molecule has 0 fully saturated rings. The van der Waals surface area contributed by atoms with Crippen molar-refractivity contribution in [2.24, 2.45) is 0 Å². The van der Waals surface area contributed by atoms with Crippen molar-refractivity contribution in [2.75, 3.05) is 11.9 Å². The molecule has 0 atom stereocenters. The van der Waals surface area contributed by atoms with Crippen molar-refractivity contribution < 1.29 is 9.53 Å². The summed E-state index contributed by atoms with van der Waals surface area (Å²) in [5.41, 5.74) is 0.801. The van der Waals surface area contributed by atoms with Crippen molar-refractivity contribution >= 4 is 56.8 Å². The third kappa shape index (κ3) is 5.00. The van der Waals surface area contributed by atoms with E-state index < -0.39 is 5.91 Å². The SMILES string of the molecule is N#CCOc1ccc(/C=C(/C#N)C(=O)Nc2cccc(Cl)c2Cl)cc1Br. The number of carbonyl (C=O) groups excluding carboxylic acids is 1. The van der Waals surface area contributed by atoms with E-state index in [0.717, 1.165) is 0 Å². The first-order valence-corrected chi connectivity index (χ1v) is 8.67. The number of benzene rings is 2. The van der Waals surface area contributed by atoms with Crippen LogP contribution in [0.25, 0.3) is 6.08 Å². The predicted molar refractivity (Wildman–Crippen MR) is 104 cm³/mol. The third-order valence-corrected chi connectivity index (χ3v) is 4.56. The fourth-order valence-corrected chi connectivity index (χ4v) is 2.80. The molecule has 26 heavy (non-hydrogen) atoms. The van der Waals surface area contributed by atoms with Gasteiger partial charge in [-0.1, -0.05) is 35.3 Å². The highest BCUT2D eigenvalue weighted by Gasteiger charge is 2.13. The van der Waals surface area contributed by atoms with Crippen LogP contribution in [-0.4, -0.2) is 12.5 Å². The van der Waals surface area contributed by atoms with E-state index in [0.29, 0.717) is 26.5 Å². The van der Waals surface area contributed by atoms with Crippen LogP contribution in [0.15, 0.2) is 46.4 Å². The van der Waals surface area contributed by atoms with Gasteiger partial charge < -0.3 is 10.1 Å². The second kappa shape index (κ2) is 9.26. The molecule has 0 heterocycles. The molecule has 0 radical (unpaired) electrons. The second-order valence-electron chi connectivity index (χ2n) is 4.86. The van der Waals surface area contributed by atoms with Gasteiger partial charge in [0.25, 0.3) is 5.91 Å². The third-order valence-electron chi connectivity index (χ3n) is 3.12. The van der Waals surface area contributed by atoms with Gasteiger partial charge in [0.05, 0.1) is 20.2 Å². The molecule has 0 unspecified atom stereocenters. The fraction of sp³-hybridized carbons (Fsp3) is 0.0556. The molecule has 0 spiro atoms. The molecule has 1 N–H and O–H groups in total. The Morgan fingerprint density at radius 1 is 1.27 bits per heavy atom. The van der Waals surface area contributed by atoms with Gasteiger partial charge in [0, 0.05) is 0 Å². The summed E-state index contributed by atoms with van der Waals surface area (Å²) < 4.78 is 5.82. The van der Waals surface area contributed by atoms with E-state index in [2.05, 4.69) is 21.2 Å². The van der Waals surface area contributed by atoms with Crippen molar-refractivity contribution in [2.45, 2.75) is 0 Å². The van der Waals surface area contributed by atoms with Crippen LogP contribution in [0.1, 0.15) is 5.56 Å². The standard InChI is InChI=1S/C18H10BrCl2N3O2/c19-13-9-11(4-5-16(13)26-7-6-22)8-12(10-23)18(25)24-15-3-1-2-14(20)17(15)21/h1-5,8-9H,7H2,(H,24,25)/b12-8-. The first kappa shape index (κ1) is 19.8. The molecule has 0 aliphatic carbocycles. The minimum absolute atomic E-state index is 0.0833. The number of ether oxygens (including phenoxy) is 1. The van der Waals surface area contributed by atoms with E-state index in [1.165, 1.54) is 6.08 Å². The van der Waals surface area contributed by atoms with Crippen LogP contribution in [0.4, 0.5) is 5.69 Å². The van der Waals surface area contributed by atoms with Crippen LogP contribution in [0.2, 0.25) is 10.0 Å². The van der Waals surface area contributed by atoms with Gasteiger partial charge in [-0.15, -0.1) is 0 Å². The lowest BCUT2D eigenvalue weighted by Crippen LogP contribution is -2.13. The number of carbonyl (C=O) groups is 1. The number of anilines is 1. The summed E-state index contributed by atoms with van der Waals surface area (Å²) in [6.45, 7) is -0.0833. The van der Waals surface area contributed by atoms with Crippen molar-refractivity contribution in [1.29, 1.82) is 10.5 Å². The molecular weight excluding hydrogens is 441 g/mol. The molecule has 0 aromatic heterocycles. The zero-order chi connectivity index (χ0) is 19.1. The molecule has 0 saturated carbocycles. The topological polar surface area (TPSA) is 85.9 Å². The Hall–Kier alpha value is -2.51. The van der Waals surface area contributed by atoms with Crippen LogP contribution in [-0.2, 0) is 4.79 Å². The average Bonchev–Trinajstić information content (AvgIpc) is 2.62. The average molecular weight is 451 g/mol. The molecule has 8 heteroatoms. The van der Waals surface area contributed by atoms with Gasteiger partial charge >= 0.3 is 0 Å². The Balaban J connectivity index is 2.23. The molecule has 5 nitrogen and oxygen atoms in total. The number of hydrogen-bond donors (Lipinski definition) is 1. The number of amides is 1. The van der Waals surface area contributed by atoms with E-state index in [-0.39, 0.29) is 17.2 Å². The first-order chi connectivity index (χ1) is 12.5. The number of nitriles is 2. The number of rotatable bonds is 5. The van der Waals surface area contributed by atoms with Crippen LogP contribution in [0.5, 0.6) is 5.75 Å². The lowest BCUT2D eigenvalue weighted by atomic mass is 10.1. The molecule has 2 rings (SSSR count). The molecule has 0 bridgehead atoms. The van der Waals surface area contributed by atoms with Gasteiger partial charge in [0.15, 0.2) is 6.61 Å². The summed E-state index contributed by atoms with van der Waals surface area (Å²) in [4.78, 5) is 12.3. The zero-order valence-corrected chi connectivity index (χ0v) is 16.2. The monoisotopic (exact) mass is 449 g/mol. The molecule has 1 amide bonds. The highest BCUT2D eigenvalue weighted by atomic mass is 79.9. The maximum atomic E-state index is 12.3. The Kier molecular flexibility index (Phi) is 7.06. The van der Waals surface area contributed by atoms with E-state index in [4.69, 9.17) is 33.2 Å². The van der Waals surface area contributed by atoms with Gasteiger partial charge in [-0.2, -0.15) is 10.5 Å². The summed E-state index contributed by atoms with van der Waals surface area (Å²) >= 11 is 15.3. The van der Waals surface area contributed by atoms with Gasteiger partial charge in [0.2, 0.25) is 0 Å². The Labute approximate surface area is 168 Å². The highest BCUT2D eigenvalue weighted by molar-refractivity contribution is 9.10. The molecule has 130 valence electrons. The lowest BCUT2D eigenvalue weighted by Gasteiger charge is -2.08. The zero-order valence-electron chi connectivity index (χ0n) is 13.1. The van der Waals surface area contributed by atoms with Crippen LogP contribution >= 0.6 is 39.1 Å². The number of nitrogens with zero attached hydrogens (tertiary/aromatic N) is 2. The summed E-state index contributed by atoms with van der Waals surface area (Å²) in [6, 6.07) is 13.5. The Morgan fingerprint density at radius 2 is 2.04 bits per heavy atom. The van der Waals surface area contributed by atoms with Crippen LogP contribution in [0, 0.1) is 22.7 Å². The van der Waals surface area contributed by atoms with Gasteiger partial charge in [0.1, 0.15) is 23.5 Å². The number of hydrogen-bond acceptors (Lipinski definition) is 4. The normalized spacial score (nSPS) is 10.6. The van der Waals surface area contributed by atoms with Crippen molar-refractivity contribution in [3.05, 3.63) is 62.1 Å². The quantitative estimate of drug-likeness (QED) is 0.500. The van der Waals surface area contributed by atoms with E-state index in [1.807, 2.05) is 12.1 Å². The summed E-state index contributed by atoms with van der Waals surface area (Å²) in [5, 5.41) is 20.9. The van der Waals surface area contributed by atoms with E-state index >= 15 is 0 Å². The minimum Gasteiger partial charge on any atom is -0.478 e. The Morgan fingerprint density at radius 3 is 2.69 bits per heavy atom. The summed E-state index contributed by atoms with van der Waals surface area (Å²) in [7, 11) is 0. The van der Waals surface area contributed by atoms with Crippen molar-refractivity contribution in [3.8, 4) is 17.9 Å². The fourth-order valence-electron chi connectivity index (χ4n) is 1.94. The molecule has 2 aromatic rings. The minimum atomic E-state index is -0.613. The molecule has 0 aliphatic rings. The maximum Gasteiger partial charge on any atom is 0.266 e. The number of nitrogens with one attached hydrogen (secondary N) is 1. The van der Waals surface area contributed by atoms with Crippen molar-refractivity contribution in [3.63, 3.8) is 0 Å².